The first-order chi connectivity index (χ1) is 9.46. The Morgan fingerprint density at radius 2 is 2.25 bits per heavy atom. The number of fused-ring (bicyclic) bond motifs is 1. The molecule has 0 aromatic carbocycles. The summed E-state index contributed by atoms with van der Waals surface area (Å²) in [6, 6.07) is 2.58. The molecule has 3 nitrogen and oxygen atoms in total. The standard InChI is InChI=1S/C16H24N2OS/c1-16(2,17)8-5-14(19)18-9-6-13-12(7-10-20-13)15(18)11-3-4-11/h7,10-11,15H,3-6,8-9,17H2,1-2H3. The molecule has 1 aliphatic heterocycles. The second-order valence-corrected chi connectivity index (χ2v) is 7.91. The number of nitrogens with zero attached hydrogens (tertiary/aromatic N) is 1. The van der Waals surface area contributed by atoms with Crippen LogP contribution in [-0.4, -0.2) is 22.9 Å². The quantitative estimate of drug-likeness (QED) is 0.927. The van der Waals surface area contributed by atoms with Gasteiger partial charge in [-0.25, -0.2) is 0 Å². The smallest absolute Gasteiger partial charge is 0.223 e. The fourth-order valence-electron chi connectivity index (χ4n) is 3.12. The lowest BCUT2D eigenvalue weighted by Crippen LogP contribution is -2.42. The molecule has 2 heterocycles. The molecule has 1 fully saturated rings. The van der Waals surface area contributed by atoms with Gasteiger partial charge in [0.15, 0.2) is 0 Å². The van der Waals surface area contributed by atoms with Gasteiger partial charge in [0.1, 0.15) is 0 Å². The number of rotatable bonds is 4. The van der Waals surface area contributed by atoms with Gasteiger partial charge in [0.05, 0.1) is 6.04 Å². The number of carbonyl (C=O) groups is 1. The highest BCUT2D eigenvalue weighted by Crippen LogP contribution is 2.48. The Kier molecular flexibility index (Phi) is 3.63. The number of carbonyl (C=O) groups excluding carboxylic acids is 1. The molecule has 1 aliphatic carbocycles. The highest BCUT2D eigenvalue weighted by molar-refractivity contribution is 7.10. The SMILES string of the molecule is CC(C)(N)CCC(=O)N1CCc2sccc2C1C1CC1. The largest absolute Gasteiger partial charge is 0.335 e. The molecule has 1 aromatic heterocycles. The molecule has 1 unspecified atom stereocenters. The Balaban J connectivity index is 1.74. The number of hydrogen-bond acceptors (Lipinski definition) is 3. The maximum Gasteiger partial charge on any atom is 0.223 e. The van der Waals surface area contributed by atoms with Crippen LogP contribution in [0.25, 0.3) is 0 Å². The molecule has 0 saturated heterocycles. The van der Waals surface area contributed by atoms with Crippen LogP contribution in [0.5, 0.6) is 0 Å². The van der Waals surface area contributed by atoms with Crippen LogP contribution >= 0.6 is 11.3 Å². The van der Waals surface area contributed by atoms with E-state index in [0.717, 1.165) is 19.4 Å². The van der Waals surface area contributed by atoms with Gasteiger partial charge in [0, 0.05) is 23.4 Å². The van der Waals surface area contributed by atoms with Crippen molar-refractivity contribution in [3.63, 3.8) is 0 Å². The van der Waals surface area contributed by atoms with Gasteiger partial charge in [0.25, 0.3) is 0 Å². The molecule has 2 N–H and O–H groups in total. The van der Waals surface area contributed by atoms with Crippen LogP contribution in [0, 0.1) is 5.92 Å². The Labute approximate surface area is 125 Å². The minimum Gasteiger partial charge on any atom is -0.335 e. The first-order valence-corrected chi connectivity index (χ1v) is 8.48. The molecular formula is C16H24N2OS. The van der Waals surface area contributed by atoms with Crippen molar-refractivity contribution in [1.82, 2.24) is 4.90 Å². The van der Waals surface area contributed by atoms with Crippen LogP contribution in [0.4, 0.5) is 0 Å². The Morgan fingerprint density at radius 1 is 1.50 bits per heavy atom. The average Bonchev–Trinajstić information content (AvgIpc) is 3.10. The van der Waals surface area contributed by atoms with Gasteiger partial charge < -0.3 is 10.6 Å². The monoisotopic (exact) mass is 292 g/mol. The van der Waals surface area contributed by atoms with Crippen LogP contribution in [-0.2, 0) is 11.2 Å². The molecule has 1 atom stereocenters. The van der Waals surface area contributed by atoms with Crippen LogP contribution < -0.4 is 5.73 Å². The molecule has 20 heavy (non-hydrogen) atoms. The summed E-state index contributed by atoms with van der Waals surface area (Å²) >= 11 is 1.85. The third-order valence-corrected chi connectivity index (χ3v) is 5.38. The Morgan fingerprint density at radius 3 is 2.90 bits per heavy atom. The molecule has 1 saturated carbocycles. The average molecular weight is 292 g/mol. The maximum atomic E-state index is 12.6. The second kappa shape index (κ2) is 5.15. The van der Waals surface area contributed by atoms with E-state index in [9.17, 15) is 4.79 Å². The summed E-state index contributed by atoms with van der Waals surface area (Å²) in [6.07, 6.45) is 4.90. The fraction of sp³-hybridized carbons (Fsp3) is 0.688. The summed E-state index contributed by atoms with van der Waals surface area (Å²) < 4.78 is 0. The third-order valence-electron chi connectivity index (χ3n) is 4.39. The lowest BCUT2D eigenvalue weighted by atomic mass is 9.94. The van der Waals surface area contributed by atoms with Crippen LogP contribution in [0.3, 0.4) is 0 Å². The van der Waals surface area contributed by atoms with Crippen LogP contribution in [0.15, 0.2) is 11.4 Å². The summed E-state index contributed by atoms with van der Waals surface area (Å²) in [5, 5.41) is 2.18. The van der Waals surface area contributed by atoms with E-state index >= 15 is 0 Å². The van der Waals surface area contributed by atoms with Gasteiger partial charge in [-0.2, -0.15) is 0 Å². The maximum absolute atomic E-state index is 12.6. The molecule has 1 amide bonds. The van der Waals surface area contributed by atoms with Crippen molar-refractivity contribution in [2.75, 3.05) is 6.54 Å². The van der Waals surface area contributed by atoms with Crippen molar-refractivity contribution in [3.8, 4) is 0 Å². The zero-order valence-electron chi connectivity index (χ0n) is 12.4. The lowest BCUT2D eigenvalue weighted by molar-refractivity contribution is -0.135. The molecular weight excluding hydrogens is 268 g/mol. The Bertz CT molecular complexity index is 499. The van der Waals surface area contributed by atoms with Gasteiger partial charge in [0.2, 0.25) is 5.91 Å². The number of nitrogens with two attached hydrogens (primary N) is 1. The predicted molar refractivity (Wildman–Crippen MR) is 82.7 cm³/mol. The van der Waals surface area contributed by atoms with Gasteiger partial charge >= 0.3 is 0 Å². The van der Waals surface area contributed by atoms with Gasteiger partial charge in [-0.3, -0.25) is 4.79 Å². The summed E-state index contributed by atoms with van der Waals surface area (Å²) in [4.78, 5) is 16.2. The summed E-state index contributed by atoms with van der Waals surface area (Å²) in [6.45, 7) is 4.87. The van der Waals surface area contributed by atoms with E-state index < -0.39 is 0 Å². The zero-order valence-corrected chi connectivity index (χ0v) is 13.2. The van der Waals surface area contributed by atoms with Crippen molar-refractivity contribution in [2.45, 2.75) is 57.5 Å². The number of amides is 1. The zero-order chi connectivity index (χ0) is 14.3. The molecule has 0 bridgehead atoms. The normalized spacial score (nSPS) is 22.8. The molecule has 110 valence electrons. The van der Waals surface area contributed by atoms with E-state index in [1.165, 1.54) is 23.3 Å². The minimum absolute atomic E-state index is 0.256. The van der Waals surface area contributed by atoms with Gasteiger partial charge in [-0.15, -0.1) is 11.3 Å². The fourth-order valence-corrected chi connectivity index (χ4v) is 4.03. The predicted octanol–water partition coefficient (Wildman–Crippen LogP) is 3.10. The van der Waals surface area contributed by atoms with E-state index in [1.54, 1.807) is 0 Å². The lowest BCUT2D eigenvalue weighted by Gasteiger charge is -2.37. The first kappa shape index (κ1) is 14.1. The number of hydrogen-bond donors (Lipinski definition) is 1. The van der Waals surface area contributed by atoms with Crippen molar-refractivity contribution < 1.29 is 4.79 Å². The van der Waals surface area contributed by atoms with Crippen LogP contribution in [0.1, 0.15) is 56.0 Å². The van der Waals surface area contributed by atoms with E-state index in [1.807, 2.05) is 25.2 Å². The third kappa shape index (κ3) is 2.91. The Hall–Kier alpha value is -0.870. The van der Waals surface area contributed by atoms with E-state index in [2.05, 4.69) is 16.3 Å². The molecule has 0 spiro atoms. The van der Waals surface area contributed by atoms with E-state index in [-0.39, 0.29) is 11.4 Å². The molecule has 4 heteroatoms. The molecule has 3 rings (SSSR count). The van der Waals surface area contributed by atoms with E-state index in [0.29, 0.717) is 18.4 Å². The molecule has 2 aliphatic rings. The molecule has 1 aromatic rings. The second-order valence-electron chi connectivity index (χ2n) is 6.91. The van der Waals surface area contributed by atoms with Gasteiger partial charge in [-0.1, -0.05) is 0 Å². The van der Waals surface area contributed by atoms with Crippen molar-refractivity contribution in [3.05, 3.63) is 21.9 Å². The summed E-state index contributed by atoms with van der Waals surface area (Å²) in [7, 11) is 0. The van der Waals surface area contributed by atoms with E-state index in [4.69, 9.17) is 5.73 Å². The van der Waals surface area contributed by atoms with Crippen molar-refractivity contribution in [1.29, 1.82) is 0 Å². The number of thiophene rings is 1. The van der Waals surface area contributed by atoms with Crippen molar-refractivity contribution >= 4 is 17.2 Å². The summed E-state index contributed by atoms with van der Waals surface area (Å²) in [5.74, 6) is 0.982. The minimum atomic E-state index is -0.256. The first-order valence-electron chi connectivity index (χ1n) is 7.60. The van der Waals surface area contributed by atoms with Crippen LogP contribution in [0.2, 0.25) is 0 Å². The van der Waals surface area contributed by atoms with Crippen molar-refractivity contribution in [2.24, 2.45) is 11.7 Å². The highest BCUT2D eigenvalue weighted by atomic mass is 32.1. The summed E-state index contributed by atoms with van der Waals surface area (Å²) in [5.41, 5.74) is 7.18. The van der Waals surface area contributed by atoms with Gasteiger partial charge in [-0.05, 0) is 62.5 Å². The highest BCUT2D eigenvalue weighted by Gasteiger charge is 2.41. The molecule has 0 radical (unpaired) electrons. The topological polar surface area (TPSA) is 46.3 Å².